The summed E-state index contributed by atoms with van der Waals surface area (Å²) in [6, 6.07) is 10.3. The molecule has 1 N–H and O–H groups in total. The van der Waals surface area contributed by atoms with Gasteiger partial charge in [-0.05, 0) is 17.9 Å². The number of benzene rings is 1. The summed E-state index contributed by atoms with van der Waals surface area (Å²) in [4.78, 5) is 0. The zero-order chi connectivity index (χ0) is 8.60. The molecule has 0 radical (unpaired) electrons. The normalized spacial score (nSPS) is 33.3. The van der Waals surface area contributed by atoms with E-state index in [2.05, 4.69) is 19.1 Å². The predicted molar refractivity (Wildman–Crippen MR) is 49.0 cm³/mol. The number of aliphatic hydroxyl groups excluding tert-OH is 1. The number of aliphatic hydroxyl groups is 1. The molecule has 1 aliphatic rings. The van der Waals surface area contributed by atoms with E-state index < -0.39 is 0 Å². The Labute approximate surface area is 73.0 Å². The van der Waals surface area contributed by atoms with Crippen LogP contribution in [0, 0.1) is 5.92 Å². The lowest BCUT2D eigenvalue weighted by molar-refractivity contribution is 0.247. The van der Waals surface area contributed by atoms with Crippen LogP contribution in [0.3, 0.4) is 0 Å². The maximum Gasteiger partial charge on any atom is 0.0530 e. The first-order valence-corrected chi connectivity index (χ1v) is 4.46. The van der Waals surface area contributed by atoms with Crippen LogP contribution in [0.25, 0.3) is 0 Å². The second kappa shape index (κ2) is 2.60. The van der Waals surface area contributed by atoms with Gasteiger partial charge in [0.05, 0.1) is 6.61 Å². The average molecular weight is 162 g/mol. The lowest BCUT2D eigenvalue weighted by atomic mass is 9.95. The third-order valence-electron chi connectivity index (χ3n) is 3.08. The van der Waals surface area contributed by atoms with Crippen LogP contribution >= 0.6 is 0 Å². The standard InChI is InChI=1S/C11H14O/c1-9-7-11(9,8-12)10-5-3-2-4-6-10/h2-6,9,12H,7-8H2,1H3/t9-,11+/m1/s1. The molecular weight excluding hydrogens is 148 g/mol. The van der Waals surface area contributed by atoms with Crippen molar-refractivity contribution in [1.29, 1.82) is 0 Å². The molecule has 1 aliphatic carbocycles. The van der Waals surface area contributed by atoms with Crippen LogP contribution in [0.15, 0.2) is 30.3 Å². The molecule has 0 aliphatic heterocycles. The fourth-order valence-electron chi connectivity index (χ4n) is 1.97. The van der Waals surface area contributed by atoms with Gasteiger partial charge in [-0.3, -0.25) is 0 Å². The van der Waals surface area contributed by atoms with Crippen LogP contribution in [-0.4, -0.2) is 11.7 Å². The van der Waals surface area contributed by atoms with Gasteiger partial charge in [0.15, 0.2) is 0 Å². The molecule has 2 atom stereocenters. The minimum Gasteiger partial charge on any atom is -0.395 e. The van der Waals surface area contributed by atoms with E-state index in [9.17, 15) is 5.11 Å². The summed E-state index contributed by atoms with van der Waals surface area (Å²) in [5.41, 5.74) is 1.39. The van der Waals surface area contributed by atoms with E-state index >= 15 is 0 Å². The Morgan fingerprint density at radius 3 is 2.42 bits per heavy atom. The minimum absolute atomic E-state index is 0.0985. The van der Waals surface area contributed by atoms with Gasteiger partial charge in [-0.2, -0.15) is 0 Å². The van der Waals surface area contributed by atoms with E-state index in [1.807, 2.05) is 18.2 Å². The lowest BCUT2D eigenvalue weighted by Gasteiger charge is -2.12. The minimum atomic E-state index is 0.0985. The molecule has 0 saturated heterocycles. The highest BCUT2D eigenvalue weighted by Gasteiger charge is 2.51. The molecule has 0 aromatic heterocycles. The Morgan fingerprint density at radius 2 is 2.00 bits per heavy atom. The maximum absolute atomic E-state index is 9.28. The fraction of sp³-hybridized carbons (Fsp3) is 0.455. The molecule has 1 aromatic carbocycles. The van der Waals surface area contributed by atoms with Gasteiger partial charge in [-0.15, -0.1) is 0 Å². The van der Waals surface area contributed by atoms with Crippen molar-refractivity contribution in [2.75, 3.05) is 6.61 Å². The molecule has 0 amide bonds. The van der Waals surface area contributed by atoms with E-state index in [1.165, 1.54) is 5.56 Å². The van der Waals surface area contributed by atoms with Crippen LogP contribution < -0.4 is 0 Å². The predicted octanol–water partition coefficient (Wildman–Crippen LogP) is 1.96. The third kappa shape index (κ3) is 0.969. The van der Waals surface area contributed by atoms with Crippen molar-refractivity contribution < 1.29 is 5.11 Å². The average Bonchev–Trinajstić information content (AvgIpc) is 2.80. The summed E-state index contributed by atoms with van der Waals surface area (Å²) in [6.45, 7) is 2.49. The van der Waals surface area contributed by atoms with Gasteiger partial charge in [0, 0.05) is 5.41 Å². The van der Waals surface area contributed by atoms with Gasteiger partial charge in [0.1, 0.15) is 0 Å². The summed E-state index contributed by atoms with van der Waals surface area (Å²) in [5, 5.41) is 9.28. The number of rotatable bonds is 2. The summed E-state index contributed by atoms with van der Waals surface area (Å²) in [5.74, 6) is 0.643. The first kappa shape index (κ1) is 7.81. The maximum atomic E-state index is 9.28. The highest BCUT2D eigenvalue weighted by Crippen LogP contribution is 2.53. The Hall–Kier alpha value is -0.820. The first-order chi connectivity index (χ1) is 5.79. The molecule has 1 fully saturated rings. The highest BCUT2D eigenvalue weighted by atomic mass is 16.3. The van der Waals surface area contributed by atoms with Gasteiger partial charge in [-0.1, -0.05) is 37.3 Å². The van der Waals surface area contributed by atoms with Gasteiger partial charge in [-0.25, -0.2) is 0 Å². The Balaban J connectivity index is 2.31. The monoisotopic (exact) mass is 162 g/mol. The quantitative estimate of drug-likeness (QED) is 0.704. The summed E-state index contributed by atoms with van der Waals surface area (Å²) in [6.07, 6.45) is 1.13. The van der Waals surface area contributed by atoms with Crippen molar-refractivity contribution in [1.82, 2.24) is 0 Å². The highest BCUT2D eigenvalue weighted by molar-refractivity contribution is 5.33. The zero-order valence-corrected chi connectivity index (χ0v) is 7.33. The molecule has 1 heteroatoms. The van der Waals surface area contributed by atoms with Crippen LogP contribution in [0.1, 0.15) is 18.9 Å². The molecular formula is C11H14O. The molecule has 1 saturated carbocycles. The largest absolute Gasteiger partial charge is 0.395 e. The Kier molecular flexibility index (Phi) is 1.69. The van der Waals surface area contributed by atoms with E-state index in [0.717, 1.165) is 6.42 Å². The molecule has 64 valence electrons. The molecule has 12 heavy (non-hydrogen) atoms. The third-order valence-corrected chi connectivity index (χ3v) is 3.08. The Morgan fingerprint density at radius 1 is 1.42 bits per heavy atom. The van der Waals surface area contributed by atoms with E-state index in [-0.39, 0.29) is 12.0 Å². The van der Waals surface area contributed by atoms with Crippen molar-refractivity contribution in [2.45, 2.75) is 18.8 Å². The van der Waals surface area contributed by atoms with E-state index in [0.29, 0.717) is 5.92 Å². The van der Waals surface area contributed by atoms with Crippen LogP contribution in [0.2, 0.25) is 0 Å². The van der Waals surface area contributed by atoms with Gasteiger partial charge < -0.3 is 5.11 Å². The van der Waals surface area contributed by atoms with E-state index in [4.69, 9.17) is 0 Å². The summed E-state index contributed by atoms with van der Waals surface area (Å²) in [7, 11) is 0. The van der Waals surface area contributed by atoms with Gasteiger partial charge >= 0.3 is 0 Å². The molecule has 0 bridgehead atoms. The summed E-state index contributed by atoms with van der Waals surface area (Å²) >= 11 is 0. The lowest BCUT2D eigenvalue weighted by Crippen LogP contribution is -2.14. The van der Waals surface area contributed by atoms with Crippen LogP contribution in [0.4, 0.5) is 0 Å². The van der Waals surface area contributed by atoms with Crippen molar-refractivity contribution >= 4 is 0 Å². The van der Waals surface area contributed by atoms with Gasteiger partial charge in [0.2, 0.25) is 0 Å². The SMILES string of the molecule is C[C@@H]1C[C@@]1(CO)c1ccccc1. The smallest absolute Gasteiger partial charge is 0.0530 e. The Bertz CT molecular complexity index is 264. The second-order valence-corrected chi connectivity index (χ2v) is 3.79. The van der Waals surface area contributed by atoms with Crippen LogP contribution in [-0.2, 0) is 5.41 Å². The van der Waals surface area contributed by atoms with Crippen molar-refractivity contribution in [3.05, 3.63) is 35.9 Å². The van der Waals surface area contributed by atoms with Crippen molar-refractivity contribution in [3.8, 4) is 0 Å². The topological polar surface area (TPSA) is 20.2 Å². The van der Waals surface area contributed by atoms with Gasteiger partial charge in [0.25, 0.3) is 0 Å². The molecule has 2 rings (SSSR count). The van der Waals surface area contributed by atoms with Crippen molar-refractivity contribution in [3.63, 3.8) is 0 Å². The molecule has 1 nitrogen and oxygen atoms in total. The molecule has 0 unspecified atom stereocenters. The van der Waals surface area contributed by atoms with Crippen LogP contribution in [0.5, 0.6) is 0 Å². The molecule has 1 aromatic rings. The molecule has 0 spiro atoms. The molecule has 0 heterocycles. The van der Waals surface area contributed by atoms with E-state index in [1.54, 1.807) is 0 Å². The first-order valence-electron chi connectivity index (χ1n) is 4.46. The van der Waals surface area contributed by atoms with Crippen molar-refractivity contribution in [2.24, 2.45) is 5.92 Å². The zero-order valence-electron chi connectivity index (χ0n) is 7.33. The summed E-state index contributed by atoms with van der Waals surface area (Å²) < 4.78 is 0. The second-order valence-electron chi connectivity index (χ2n) is 3.79. The number of hydrogen-bond donors (Lipinski definition) is 1. The fourth-order valence-corrected chi connectivity index (χ4v) is 1.97. The number of hydrogen-bond acceptors (Lipinski definition) is 1.